The van der Waals surface area contributed by atoms with Gasteiger partial charge in [-0.2, -0.15) is 0 Å². The third-order valence-electron chi connectivity index (χ3n) is 0.734. The average molecular weight is 181 g/mol. The van der Waals surface area contributed by atoms with Gasteiger partial charge in [0.2, 0.25) is 0 Å². The van der Waals surface area contributed by atoms with Gasteiger partial charge >= 0.3 is 0 Å². The summed E-state index contributed by atoms with van der Waals surface area (Å²) in [4.78, 5) is 0. The monoisotopic (exact) mass is 180 g/mol. The van der Waals surface area contributed by atoms with Gasteiger partial charge in [0.05, 0.1) is 5.88 Å². The number of halogens is 5. The van der Waals surface area contributed by atoms with Crippen molar-refractivity contribution >= 4 is 23.2 Å². The molecular formula is C4H5Cl2F3. The number of hydrogen-bond donors (Lipinski definition) is 0. The molecule has 0 N–H and O–H groups in total. The first-order valence-corrected chi connectivity index (χ1v) is 3.19. The Kier molecular flexibility index (Phi) is 4.40. The summed E-state index contributed by atoms with van der Waals surface area (Å²) in [5.41, 5.74) is 0. The van der Waals surface area contributed by atoms with Gasteiger partial charge in [-0.25, -0.2) is 13.2 Å². The second-order valence-corrected chi connectivity index (χ2v) is 2.26. The zero-order valence-corrected chi connectivity index (χ0v) is 5.84. The molecule has 9 heavy (non-hydrogen) atoms. The predicted octanol–water partition coefficient (Wildman–Crippen LogP) is 2.44. The van der Waals surface area contributed by atoms with Gasteiger partial charge in [-0.1, -0.05) is 0 Å². The van der Waals surface area contributed by atoms with Crippen LogP contribution in [0.2, 0.25) is 0 Å². The van der Waals surface area contributed by atoms with Crippen LogP contribution in [-0.2, 0) is 0 Å². The summed E-state index contributed by atoms with van der Waals surface area (Å²) in [5.74, 6) is -0.488. The minimum atomic E-state index is -2.85. The second-order valence-electron chi connectivity index (χ2n) is 1.45. The molecular weight excluding hydrogens is 176 g/mol. The van der Waals surface area contributed by atoms with Crippen LogP contribution in [0.3, 0.4) is 0 Å². The lowest BCUT2D eigenvalue weighted by molar-refractivity contribution is 0.112. The van der Waals surface area contributed by atoms with E-state index in [0.717, 1.165) is 0 Å². The highest BCUT2D eigenvalue weighted by atomic mass is 35.5. The van der Waals surface area contributed by atoms with Crippen LogP contribution in [0, 0.1) is 0 Å². The number of rotatable bonds is 3. The summed E-state index contributed by atoms with van der Waals surface area (Å²) in [5, 5.41) is -1.78. The van der Waals surface area contributed by atoms with Gasteiger partial charge in [-0.05, 0) is 0 Å². The fraction of sp³-hybridized carbons (Fsp3) is 1.00. The van der Waals surface area contributed by atoms with E-state index >= 15 is 0 Å². The van der Waals surface area contributed by atoms with E-state index in [0.29, 0.717) is 0 Å². The molecule has 0 aliphatic rings. The molecule has 0 aromatic carbocycles. The Morgan fingerprint density at radius 2 is 1.67 bits per heavy atom. The first-order valence-electron chi connectivity index (χ1n) is 2.22. The lowest BCUT2D eigenvalue weighted by Gasteiger charge is -2.09. The van der Waals surface area contributed by atoms with Crippen LogP contribution in [0.1, 0.15) is 0 Å². The molecule has 0 aromatic rings. The van der Waals surface area contributed by atoms with Crippen molar-refractivity contribution < 1.29 is 13.2 Å². The second kappa shape index (κ2) is 4.23. The molecule has 0 saturated heterocycles. The van der Waals surface area contributed by atoms with E-state index in [1.165, 1.54) is 0 Å². The minimum absolute atomic E-state index is 0.488. The SMILES string of the molecule is FC(F)C(Cl)C(F)CCl. The number of hydrogen-bond acceptors (Lipinski definition) is 0. The van der Waals surface area contributed by atoms with Gasteiger partial charge in [0, 0.05) is 0 Å². The molecule has 0 aromatic heterocycles. The lowest BCUT2D eigenvalue weighted by atomic mass is 10.3. The summed E-state index contributed by atoms with van der Waals surface area (Å²) in [6, 6.07) is 0. The Morgan fingerprint density at radius 1 is 1.22 bits per heavy atom. The van der Waals surface area contributed by atoms with Crippen molar-refractivity contribution in [1.82, 2.24) is 0 Å². The fourth-order valence-electron chi connectivity index (χ4n) is 0.243. The van der Waals surface area contributed by atoms with E-state index in [-0.39, 0.29) is 0 Å². The zero-order valence-electron chi connectivity index (χ0n) is 4.33. The van der Waals surface area contributed by atoms with Crippen LogP contribution in [0.4, 0.5) is 13.2 Å². The van der Waals surface area contributed by atoms with Gasteiger partial charge < -0.3 is 0 Å². The predicted molar refractivity (Wildman–Crippen MR) is 31.3 cm³/mol. The maximum absolute atomic E-state index is 12.0. The molecule has 0 saturated carbocycles. The Hall–Kier alpha value is 0.370. The molecule has 0 aliphatic heterocycles. The summed E-state index contributed by atoms with van der Waals surface area (Å²) >= 11 is 9.76. The van der Waals surface area contributed by atoms with Crippen LogP contribution in [0.25, 0.3) is 0 Å². The molecule has 0 aliphatic carbocycles. The Labute approximate surface area is 60.9 Å². The van der Waals surface area contributed by atoms with E-state index in [1.807, 2.05) is 0 Å². The normalized spacial score (nSPS) is 18.0. The lowest BCUT2D eigenvalue weighted by Crippen LogP contribution is -2.25. The third kappa shape index (κ3) is 3.16. The Morgan fingerprint density at radius 3 is 1.78 bits per heavy atom. The van der Waals surface area contributed by atoms with Crippen LogP contribution >= 0.6 is 23.2 Å². The smallest absolute Gasteiger partial charge is 0.244 e. The molecule has 56 valence electrons. The van der Waals surface area contributed by atoms with Crippen LogP contribution < -0.4 is 0 Å². The molecule has 0 radical (unpaired) electrons. The third-order valence-corrected chi connectivity index (χ3v) is 1.49. The van der Waals surface area contributed by atoms with Crippen LogP contribution in [-0.4, -0.2) is 23.9 Å². The number of alkyl halides is 5. The first-order chi connectivity index (χ1) is 4.09. The Bertz CT molecular complexity index is 78.2. The van der Waals surface area contributed by atoms with E-state index in [2.05, 4.69) is 0 Å². The summed E-state index contributed by atoms with van der Waals surface area (Å²) in [6.45, 7) is 0. The molecule has 0 spiro atoms. The summed E-state index contributed by atoms with van der Waals surface area (Å²) in [7, 11) is 0. The topological polar surface area (TPSA) is 0 Å². The minimum Gasteiger partial charge on any atom is -0.244 e. The molecule has 2 unspecified atom stereocenters. The largest absolute Gasteiger partial charge is 0.257 e. The van der Waals surface area contributed by atoms with Gasteiger partial charge in [-0.3, -0.25) is 0 Å². The molecule has 0 fully saturated rings. The van der Waals surface area contributed by atoms with Crippen molar-refractivity contribution in [3.8, 4) is 0 Å². The fourth-order valence-corrected chi connectivity index (χ4v) is 0.615. The highest BCUT2D eigenvalue weighted by molar-refractivity contribution is 6.23. The molecule has 0 heterocycles. The van der Waals surface area contributed by atoms with E-state index in [9.17, 15) is 13.2 Å². The average Bonchev–Trinajstić information content (AvgIpc) is 1.84. The molecule has 0 amide bonds. The molecule has 0 bridgehead atoms. The summed E-state index contributed by atoms with van der Waals surface area (Å²) < 4.78 is 34.9. The quantitative estimate of drug-likeness (QED) is 0.586. The van der Waals surface area contributed by atoms with E-state index in [1.54, 1.807) is 0 Å². The standard InChI is InChI=1S/C4H5Cl2F3/c5-1-2(7)3(6)4(8)9/h2-4H,1H2. The van der Waals surface area contributed by atoms with Crippen molar-refractivity contribution in [3.63, 3.8) is 0 Å². The van der Waals surface area contributed by atoms with Crippen molar-refractivity contribution in [2.45, 2.75) is 18.0 Å². The van der Waals surface area contributed by atoms with Crippen molar-refractivity contribution in [2.75, 3.05) is 5.88 Å². The summed E-state index contributed by atoms with van der Waals surface area (Å²) in [6.07, 6.45) is -4.67. The molecule has 0 nitrogen and oxygen atoms in total. The van der Waals surface area contributed by atoms with Crippen LogP contribution in [0.5, 0.6) is 0 Å². The Balaban J connectivity index is 3.58. The molecule has 0 rings (SSSR count). The zero-order chi connectivity index (χ0) is 7.44. The van der Waals surface area contributed by atoms with Gasteiger partial charge in [0.25, 0.3) is 6.43 Å². The van der Waals surface area contributed by atoms with Crippen LogP contribution in [0.15, 0.2) is 0 Å². The maximum Gasteiger partial charge on any atom is 0.257 e. The van der Waals surface area contributed by atoms with Crippen molar-refractivity contribution in [2.24, 2.45) is 0 Å². The first kappa shape index (κ1) is 9.37. The van der Waals surface area contributed by atoms with Gasteiger partial charge in [-0.15, -0.1) is 23.2 Å². The highest BCUT2D eigenvalue weighted by Gasteiger charge is 2.26. The van der Waals surface area contributed by atoms with E-state index in [4.69, 9.17) is 23.2 Å². The van der Waals surface area contributed by atoms with Crippen molar-refractivity contribution in [1.29, 1.82) is 0 Å². The van der Waals surface area contributed by atoms with Gasteiger partial charge in [0.15, 0.2) is 0 Å². The molecule has 2 atom stereocenters. The molecule has 5 heteroatoms. The maximum atomic E-state index is 12.0. The van der Waals surface area contributed by atoms with Crippen molar-refractivity contribution in [3.05, 3.63) is 0 Å². The van der Waals surface area contributed by atoms with Gasteiger partial charge in [0.1, 0.15) is 11.5 Å². The van der Waals surface area contributed by atoms with E-state index < -0.39 is 23.9 Å². The highest BCUT2D eigenvalue weighted by Crippen LogP contribution is 2.16.